The summed E-state index contributed by atoms with van der Waals surface area (Å²) in [6, 6.07) is -0.722. The van der Waals surface area contributed by atoms with Gasteiger partial charge >= 0.3 is 5.97 Å². The Kier molecular flexibility index (Phi) is 5.53. The summed E-state index contributed by atoms with van der Waals surface area (Å²) in [6.45, 7) is 5.90. The SMILES string of the molecule is CC(C)(C)CC(N)C(=O)O.Cl. The van der Waals surface area contributed by atoms with E-state index in [0.717, 1.165) is 0 Å². The van der Waals surface area contributed by atoms with Gasteiger partial charge in [0.25, 0.3) is 0 Å². The predicted octanol–water partition coefficient (Wildman–Crippen LogP) is 1.26. The van der Waals surface area contributed by atoms with Gasteiger partial charge in [-0.05, 0) is 11.8 Å². The fourth-order valence-electron chi connectivity index (χ4n) is 0.747. The molecule has 0 fully saturated rings. The molecule has 0 aromatic rings. The van der Waals surface area contributed by atoms with Crippen LogP contribution in [0.5, 0.6) is 0 Å². The third kappa shape index (κ3) is 7.62. The van der Waals surface area contributed by atoms with Gasteiger partial charge in [0.15, 0.2) is 0 Å². The molecule has 0 saturated carbocycles. The second-order valence-corrected chi connectivity index (χ2v) is 3.71. The molecule has 0 aliphatic heterocycles. The molecular formula is C7H16ClNO2. The minimum atomic E-state index is -0.921. The highest BCUT2D eigenvalue weighted by Gasteiger charge is 2.20. The van der Waals surface area contributed by atoms with Gasteiger partial charge in [-0.2, -0.15) is 0 Å². The summed E-state index contributed by atoms with van der Waals surface area (Å²) >= 11 is 0. The Morgan fingerprint density at radius 2 is 1.91 bits per heavy atom. The average molecular weight is 182 g/mol. The molecule has 0 bridgehead atoms. The molecule has 0 aromatic carbocycles. The highest BCUT2D eigenvalue weighted by Crippen LogP contribution is 2.19. The lowest BCUT2D eigenvalue weighted by Gasteiger charge is -2.20. The Labute approximate surface area is 73.4 Å². The Bertz CT molecular complexity index is 131. The molecule has 68 valence electrons. The van der Waals surface area contributed by atoms with E-state index in [0.29, 0.717) is 6.42 Å². The molecule has 0 spiro atoms. The standard InChI is InChI=1S/C7H15NO2.ClH/c1-7(2,3)4-5(8)6(9)10;/h5H,4,8H2,1-3H3,(H,9,10);1H. The summed E-state index contributed by atoms with van der Waals surface area (Å²) in [5.74, 6) is -0.921. The summed E-state index contributed by atoms with van der Waals surface area (Å²) < 4.78 is 0. The summed E-state index contributed by atoms with van der Waals surface area (Å²) in [5, 5.41) is 8.42. The number of halogens is 1. The number of hydrogen-bond donors (Lipinski definition) is 2. The normalized spacial score (nSPS) is 13.5. The zero-order valence-electron chi connectivity index (χ0n) is 7.13. The van der Waals surface area contributed by atoms with Crippen molar-refractivity contribution < 1.29 is 9.90 Å². The molecule has 3 nitrogen and oxygen atoms in total. The molecule has 0 saturated heterocycles. The zero-order chi connectivity index (χ0) is 8.36. The van der Waals surface area contributed by atoms with Crippen LogP contribution in [0.3, 0.4) is 0 Å². The van der Waals surface area contributed by atoms with Crippen LogP contribution in [0.2, 0.25) is 0 Å². The molecule has 4 heteroatoms. The molecular weight excluding hydrogens is 166 g/mol. The molecule has 0 amide bonds. The van der Waals surface area contributed by atoms with Crippen LogP contribution in [-0.4, -0.2) is 17.1 Å². The highest BCUT2D eigenvalue weighted by atomic mass is 35.5. The van der Waals surface area contributed by atoms with Crippen LogP contribution in [0.15, 0.2) is 0 Å². The Morgan fingerprint density at radius 1 is 1.55 bits per heavy atom. The number of nitrogens with two attached hydrogens (primary N) is 1. The Balaban J connectivity index is 0. The van der Waals surface area contributed by atoms with Crippen LogP contribution in [-0.2, 0) is 4.79 Å². The Hall–Kier alpha value is -0.280. The first kappa shape index (κ1) is 13.3. The van der Waals surface area contributed by atoms with Gasteiger partial charge in [-0.25, -0.2) is 0 Å². The van der Waals surface area contributed by atoms with E-state index in [4.69, 9.17) is 10.8 Å². The molecule has 1 atom stereocenters. The highest BCUT2D eigenvalue weighted by molar-refractivity contribution is 5.85. The van der Waals surface area contributed by atoms with Crippen molar-refractivity contribution >= 4 is 18.4 Å². The monoisotopic (exact) mass is 181 g/mol. The van der Waals surface area contributed by atoms with Crippen molar-refractivity contribution in [1.29, 1.82) is 0 Å². The second kappa shape index (κ2) is 4.57. The van der Waals surface area contributed by atoms with Gasteiger partial charge in [-0.3, -0.25) is 4.79 Å². The lowest BCUT2D eigenvalue weighted by molar-refractivity contribution is -0.139. The third-order valence-electron chi connectivity index (χ3n) is 1.15. The molecule has 0 aliphatic carbocycles. The van der Waals surface area contributed by atoms with Gasteiger partial charge in [0.2, 0.25) is 0 Å². The molecule has 1 unspecified atom stereocenters. The minimum absolute atomic E-state index is 0. The maximum absolute atomic E-state index is 10.3. The molecule has 3 N–H and O–H groups in total. The summed E-state index contributed by atoms with van der Waals surface area (Å²) in [4.78, 5) is 10.3. The molecule has 0 radical (unpaired) electrons. The third-order valence-corrected chi connectivity index (χ3v) is 1.15. The van der Waals surface area contributed by atoms with E-state index in [1.54, 1.807) is 0 Å². The number of rotatable bonds is 2. The fraction of sp³-hybridized carbons (Fsp3) is 0.857. The van der Waals surface area contributed by atoms with Crippen molar-refractivity contribution in [3.05, 3.63) is 0 Å². The van der Waals surface area contributed by atoms with Crippen LogP contribution in [0, 0.1) is 5.41 Å². The van der Waals surface area contributed by atoms with E-state index < -0.39 is 12.0 Å². The lowest BCUT2D eigenvalue weighted by Crippen LogP contribution is -2.34. The van der Waals surface area contributed by atoms with Gasteiger partial charge < -0.3 is 10.8 Å². The van der Waals surface area contributed by atoms with E-state index in [1.807, 2.05) is 20.8 Å². The van der Waals surface area contributed by atoms with Crippen molar-refractivity contribution in [2.45, 2.75) is 33.2 Å². The van der Waals surface area contributed by atoms with Gasteiger partial charge in [0.1, 0.15) is 6.04 Å². The van der Waals surface area contributed by atoms with Crippen LogP contribution < -0.4 is 5.73 Å². The van der Waals surface area contributed by atoms with Crippen LogP contribution in [0.25, 0.3) is 0 Å². The summed E-state index contributed by atoms with van der Waals surface area (Å²) in [5.41, 5.74) is 5.30. The largest absolute Gasteiger partial charge is 0.480 e. The maximum Gasteiger partial charge on any atom is 0.320 e. The Morgan fingerprint density at radius 3 is 2.00 bits per heavy atom. The molecule has 0 aromatic heterocycles. The summed E-state index contributed by atoms with van der Waals surface area (Å²) in [7, 11) is 0. The number of carboxylic acid groups (broad SMARTS) is 1. The number of aliphatic carboxylic acids is 1. The van der Waals surface area contributed by atoms with Crippen molar-refractivity contribution in [1.82, 2.24) is 0 Å². The van der Waals surface area contributed by atoms with E-state index in [-0.39, 0.29) is 17.8 Å². The fourth-order valence-corrected chi connectivity index (χ4v) is 0.747. The quantitative estimate of drug-likeness (QED) is 0.674. The van der Waals surface area contributed by atoms with Crippen molar-refractivity contribution in [3.8, 4) is 0 Å². The molecule has 0 rings (SSSR count). The van der Waals surface area contributed by atoms with Crippen LogP contribution in [0.4, 0.5) is 0 Å². The first-order valence-electron chi connectivity index (χ1n) is 3.31. The van der Waals surface area contributed by atoms with E-state index >= 15 is 0 Å². The van der Waals surface area contributed by atoms with Crippen molar-refractivity contribution in [2.75, 3.05) is 0 Å². The smallest absolute Gasteiger partial charge is 0.320 e. The number of carboxylic acids is 1. The van der Waals surface area contributed by atoms with Gasteiger partial charge in [-0.15, -0.1) is 12.4 Å². The van der Waals surface area contributed by atoms with Crippen molar-refractivity contribution in [3.63, 3.8) is 0 Å². The van der Waals surface area contributed by atoms with Crippen molar-refractivity contribution in [2.24, 2.45) is 11.1 Å². The average Bonchev–Trinajstić information content (AvgIpc) is 1.60. The first-order chi connectivity index (χ1) is 4.33. The molecule has 0 aliphatic rings. The van der Waals surface area contributed by atoms with Crippen LogP contribution in [0.1, 0.15) is 27.2 Å². The van der Waals surface area contributed by atoms with Gasteiger partial charge in [0.05, 0.1) is 0 Å². The maximum atomic E-state index is 10.3. The van der Waals surface area contributed by atoms with Gasteiger partial charge in [-0.1, -0.05) is 20.8 Å². The predicted molar refractivity (Wildman–Crippen MR) is 46.9 cm³/mol. The number of carbonyl (C=O) groups is 1. The molecule has 0 heterocycles. The topological polar surface area (TPSA) is 63.3 Å². The number of hydrogen-bond acceptors (Lipinski definition) is 2. The van der Waals surface area contributed by atoms with E-state index in [1.165, 1.54) is 0 Å². The van der Waals surface area contributed by atoms with E-state index in [2.05, 4.69) is 0 Å². The summed E-state index contributed by atoms with van der Waals surface area (Å²) in [6.07, 6.45) is 0.516. The first-order valence-corrected chi connectivity index (χ1v) is 3.31. The van der Waals surface area contributed by atoms with Crippen LogP contribution >= 0.6 is 12.4 Å². The molecule has 11 heavy (non-hydrogen) atoms. The second-order valence-electron chi connectivity index (χ2n) is 3.71. The minimum Gasteiger partial charge on any atom is -0.480 e. The zero-order valence-corrected chi connectivity index (χ0v) is 7.94. The van der Waals surface area contributed by atoms with E-state index in [9.17, 15) is 4.79 Å². The lowest BCUT2D eigenvalue weighted by atomic mass is 9.88. The van der Waals surface area contributed by atoms with Gasteiger partial charge in [0, 0.05) is 0 Å².